The second-order valence-corrected chi connectivity index (χ2v) is 8.77. The van der Waals surface area contributed by atoms with Crippen molar-refractivity contribution >= 4 is 11.6 Å². The van der Waals surface area contributed by atoms with Crippen LogP contribution in [0.1, 0.15) is 18.4 Å². The van der Waals surface area contributed by atoms with Crippen LogP contribution in [0.25, 0.3) is 11.3 Å². The summed E-state index contributed by atoms with van der Waals surface area (Å²) in [6, 6.07) is 21.7. The Kier molecular flexibility index (Phi) is 6.65. The number of benzene rings is 2. The second kappa shape index (κ2) is 10.2. The molecule has 5 rings (SSSR count). The molecule has 3 aromatic rings. The number of hydrogen-bond donors (Lipinski definition) is 2. The molecule has 2 aromatic carbocycles. The Labute approximate surface area is 199 Å². The van der Waals surface area contributed by atoms with Crippen LogP contribution in [0.4, 0.5) is 0 Å². The minimum absolute atomic E-state index is 0.0414. The summed E-state index contributed by atoms with van der Waals surface area (Å²) in [6.07, 6.45) is 3.86. The summed E-state index contributed by atoms with van der Waals surface area (Å²) < 4.78 is 7.59. The third-order valence-electron chi connectivity index (χ3n) is 6.50. The number of amides is 1. The number of nitrogens with zero attached hydrogens (tertiary/aromatic N) is 3. The van der Waals surface area contributed by atoms with Gasteiger partial charge in [-0.25, -0.2) is 0 Å². The molecule has 3 heterocycles. The van der Waals surface area contributed by atoms with Gasteiger partial charge in [0.25, 0.3) is 5.91 Å². The summed E-state index contributed by atoms with van der Waals surface area (Å²) in [5.41, 5.74) is 4.30. The molecule has 0 saturated carbocycles. The second-order valence-electron chi connectivity index (χ2n) is 8.77. The van der Waals surface area contributed by atoms with Crippen molar-refractivity contribution in [2.45, 2.75) is 25.4 Å². The highest BCUT2D eigenvalue weighted by molar-refractivity contribution is 6.27. The predicted octanol–water partition coefficient (Wildman–Crippen LogP) is 2.46. The third kappa shape index (κ3) is 4.71. The molecular formula is C27H30N5O2+. The molecular weight excluding hydrogens is 426 g/mol. The van der Waals surface area contributed by atoms with E-state index in [1.807, 2.05) is 70.4 Å². The van der Waals surface area contributed by atoms with E-state index in [0.29, 0.717) is 31.9 Å². The van der Waals surface area contributed by atoms with Crippen molar-refractivity contribution in [3.05, 3.63) is 89.8 Å². The first kappa shape index (κ1) is 22.3. The third-order valence-corrected chi connectivity index (χ3v) is 6.50. The zero-order valence-electron chi connectivity index (χ0n) is 19.2. The quantitative estimate of drug-likeness (QED) is 0.441. The van der Waals surface area contributed by atoms with Crippen molar-refractivity contribution in [2.75, 3.05) is 26.3 Å². The topological polar surface area (TPSA) is 87.8 Å². The molecule has 2 aliphatic heterocycles. The fourth-order valence-electron chi connectivity index (χ4n) is 4.76. The molecule has 174 valence electrons. The Morgan fingerprint density at radius 1 is 1.09 bits per heavy atom. The van der Waals surface area contributed by atoms with Crippen molar-refractivity contribution in [2.24, 2.45) is 0 Å². The molecule has 34 heavy (non-hydrogen) atoms. The van der Waals surface area contributed by atoms with Gasteiger partial charge in [-0.1, -0.05) is 60.7 Å². The number of likely N-dealkylation sites (tertiary alicyclic amines) is 1. The van der Waals surface area contributed by atoms with Crippen LogP contribution in [0.3, 0.4) is 0 Å². The molecule has 0 spiro atoms. The summed E-state index contributed by atoms with van der Waals surface area (Å²) in [6.45, 7) is 3.11. The van der Waals surface area contributed by atoms with Crippen LogP contribution in [-0.2, 0) is 16.1 Å². The lowest BCUT2D eigenvalue weighted by atomic mass is 9.98. The summed E-state index contributed by atoms with van der Waals surface area (Å²) in [7, 11) is 0. The number of quaternary nitrogens is 1. The van der Waals surface area contributed by atoms with E-state index < -0.39 is 0 Å². The summed E-state index contributed by atoms with van der Waals surface area (Å²) >= 11 is 0. The average molecular weight is 457 g/mol. The van der Waals surface area contributed by atoms with Crippen LogP contribution in [0, 0.1) is 5.41 Å². The van der Waals surface area contributed by atoms with Gasteiger partial charge in [0.1, 0.15) is 24.4 Å². The van der Waals surface area contributed by atoms with Crippen molar-refractivity contribution in [3.63, 3.8) is 0 Å². The molecule has 3 N–H and O–H groups in total. The van der Waals surface area contributed by atoms with Gasteiger partial charge < -0.3 is 15.0 Å². The number of nitrogens with two attached hydrogens (primary N) is 1. The standard InChI is InChI=1S/C27H29N5O2/c28-26(21-10-5-2-6-11-21)25(24-19-34-17-14-29-24)27(33)32-15-7-12-22(32)18-31-16-13-23(30-31)20-8-3-1-4-9-20/h1-6,8-11,13,16,22,28-29H,7,12,14-15,17-19H2/p+1/b25-24+,28-26?/t22-/m0/s1. The molecule has 2 aliphatic rings. The van der Waals surface area contributed by atoms with Gasteiger partial charge in [0.15, 0.2) is 0 Å². The van der Waals surface area contributed by atoms with Gasteiger partial charge in [-0.2, -0.15) is 5.10 Å². The molecule has 7 nitrogen and oxygen atoms in total. The van der Waals surface area contributed by atoms with E-state index in [9.17, 15) is 4.79 Å². The lowest BCUT2D eigenvalue weighted by molar-refractivity contribution is -0.623. The number of aromatic nitrogens is 2. The van der Waals surface area contributed by atoms with Crippen LogP contribution < -0.4 is 5.32 Å². The highest BCUT2D eigenvalue weighted by Crippen LogP contribution is 2.24. The number of morpholine rings is 1. The maximum atomic E-state index is 13.9. The lowest BCUT2D eigenvalue weighted by Gasteiger charge is -2.27. The van der Waals surface area contributed by atoms with Crippen LogP contribution in [-0.4, -0.2) is 58.6 Å². The Hall–Kier alpha value is -3.55. The Balaban J connectivity index is 1.39. The number of carbonyl (C=O) groups is 1. The summed E-state index contributed by atoms with van der Waals surface area (Å²) in [4.78, 5) is 15.8. The lowest BCUT2D eigenvalue weighted by Crippen LogP contribution is -2.86. The Bertz CT molecular complexity index is 1180. The van der Waals surface area contributed by atoms with Gasteiger partial charge in [0.2, 0.25) is 0 Å². The molecule has 2 fully saturated rings. The number of ether oxygens (including phenoxy) is 1. The Morgan fingerprint density at radius 3 is 2.59 bits per heavy atom. The van der Waals surface area contributed by atoms with Gasteiger partial charge >= 0.3 is 0 Å². The van der Waals surface area contributed by atoms with Crippen LogP contribution in [0.15, 0.2) is 84.2 Å². The number of nitrogens with one attached hydrogen (secondary N) is 1. The van der Waals surface area contributed by atoms with Crippen LogP contribution in [0.2, 0.25) is 0 Å². The van der Waals surface area contributed by atoms with E-state index in [0.717, 1.165) is 41.9 Å². The number of rotatable bonds is 6. The first-order chi connectivity index (χ1) is 16.7. The van der Waals surface area contributed by atoms with Crippen molar-refractivity contribution in [3.8, 4) is 11.3 Å². The molecule has 1 atom stereocenters. The van der Waals surface area contributed by atoms with E-state index in [4.69, 9.17) is 15.2 Å². The molecule has 1 amide bonds. The fraction of sp³-hybridized carbons (Fsp3) is 0.296. The highest BCUT2D eigenvalue weighted by Gasteiger charge is 2.35. The van der Waals surface area contributed by atoms with E-state index in [2.05, 4.69) is 17.4 Å². The molecule has 2 saturated heterocycles. The minimum Gasteiger partial charge on any atom is -0.365 e. The number of hydrogen-bond acceptors (Lipinski definition) is 4. The minimum atomic E-state index is -0.0801. The van der Waals surface area contributed by atoms with E-state index in [1.165, 1.54) is 0 Å². The van der Waals surface area contributed by atoms with Gasteiger partial charge in [-0.15, -0.1) is 0 Å². The number of carbonyl (C=O) groups excluding carboxylic acids is 1. The van der Waals surface area contributed by atoms with E-state index >= 15 is 0 Å². The van der Waals surface area contributed by atoms with Crippen molar-refractivity contribution in [1.82, 2.24) is 14.7 Å². The maximum Gasteiger partial charge on any atom is 0.262 e. The summed E-state index contributed by atoms with van der Waals surface area (Å²) in [5, 5.41) is 15.7. The SMILES string of the molecule is N=C(/C(C(=O)N1CCC[C@H]1Cn1ccc(-c2ccccc2)n1)=C1/COCC[NH2+]1)c1ccccc1. The molecule has 0 aliphatic carbocycles. The molecule has 0 radical (unpaired) electrons. The predicted molar refractivity (Wildman–Crippen MR) is 130 cm³/mol. The first-order valence-corrected chi connectivity index (χ1v) is 11.9. The van der Waals surface area contributed by atoms with E-state index in [-0.39, 0.29) is 17.7 Å². The van der Waals surface area contributed by atoms with Gasteiger partial charge in [-0.05, 0) is 18.9 Å². The highest BCUT2D eigenvalue weighted by atomic mass is 16.5. The average Bonchev–Trinajstić information content (AvgIpc) is 3.56. The van der Waals surface area contributed by atoms with Crippen LogP contribution >= 0.6 is 0 Å². The largest absolute Gasteiger partial charge is 0.365 e. The normalized spacial score (nSPS) is 19.8. The Morgan fingerprint density at radius 2 is 1.85 bits per heavy atom. The molecule has 0 bridgehead atoms. The van der Waals surface area contributed by atoms with Gasteiger partial charge in [0.05, 0.1) is 30.6 Å². The zero-order valence-corrected chi connectivity index (χ0v) is 19.2. The van der Waals surface area contributed by atoms with Gasteiger partial charge in [0, 0.05) is 23.9 Å². The fourth-order valence-corrected chi connectivity index (χ4v) is 4.76. The van der Waals surface area contributed by atoms with Crippen molar-refractivity contribution in [1.29, 1.82) is 5.41 Å². The molecule has 1 aromatic heterocycles. The smallest absolute Gasteiger partial charge is 0.262 e. The van der Waals surface area contributed by atoms with Gasteiger partial charge in [-0.3, -0.25) is 14.9 Å². The first-order valence-electron chi connectivity index (χ1n) is 11.9. The molecule has 7 heteroatoms. The monoisotopic (exact) mass is 456 g/mol. The zero-order chi connectivity index (χ0) is 23.3. The summed E-state index contributed by atoms with van der Waals surface area (Å²) in [5.74, 6) is -0.0801. The van der Waals surface area contributed by atoms with E-state index in [1.54, 1.807) is 0 Å². The van der Waals surface area contributed by atoms with Crippen molar-refractivity contribution < 1.29 is 14.8 Å². The van der Waals surface area contributed by atoms with Crippen LogP contribution in [0.5, 0.6) is 0 Å². The molecule has 0 unspecified atom stereocenters. The maximum absolute atomic E-state index is 13.9.